The van der Waals surface area contributed by atoms with Crippen LogP contribution in [0.5, 0.6) is 0 Å². The summed E-state index contributed by atoms with van der Waals surface area (Å²) in [5, 5.41) is 5.95. The number of nitrogens with one attached hydrogen (secondary N) is 2. The van der Waals surface area contributed by atoms with Gasteiger partial charge in [0.1, 0.15) is 12.6 Å². The molecule has 2 bridgehead atoms. The van der Waals surface area contributed by atoms with Crippen LogP contribution >= 0.6 is 0 Å². The van der Waals surface area contributed by atoms with Crippen molar-refractivity contribution in [2.45, 2.75) is 59.4 Å². The van der Waals surface area contributed by atoms with Crippen LogP contribution in [0.15, 0.2) is 24.3 Å². The number of hydrogen-bond acceptors (Lipinski definition) is 3. The first-order chi connectivity index (χ1) is 14.7. The van der Waals surface area contributed by atoms with Gasteiger partial charge >= 0.3 is 0 Å². The van der Waals surface area contributed by atoms with E-state index in [9.17, 15) is 14.4 Å². The fourth-order valence-electron chi connectivity index (χ4n) is 5.95. The molecule has 0 spiro atoms. The van der Waals surface area contributed by atoms with Crippen LogP contribution in [0.3, 0.4) is 0 Å². The quantitative estimate of drug-likeness (QED) is 0.734. The Bertz CT molecular complexity index is 877. The molecule has 3 aliphatic carbocycles. The number of carbonyl (C=O) groups excluding carboxylic acids is 3. The maximum Gasteiger partial charge on any atom is 0.254 e. The summed E-state index contributed by atoms with van der Waals surface area (Å²) >= 11 is 0. The summed E-state index contributed by atoms with van der Waals surface area (Å²) in [5.41, 5.74) is 1.32. The Kier molecular flexibility index (Phi) is 5.84. The number of amides is 3. The molecule has 5 rings (SSSR count). The highest BCUT2D eigenvalue weighted by atomic mass is 16.2. The molecule has 6 heteroatoms. The third kappa shape index (κ3) is 4.09. The van der Waals surface area contributed by atoms with Crippen LogP contribution in [0.2, 0.25) is 0 Å². The van der Waals surface area contributed by atoms with E-state index in [2.05, 4.69) is 24.5 Å². The van der Waals surface area contributed by atoms with E-state index in [0.717, 1.165) is 5.92 Å². The van der Waals surface area contributed by atoms with Crippen LogP contribution < -0.4 is 15.5 Å². The fourth-order valence-corrected chi connectivity index (χ4v) is 5.95. The largest absolute Gasteiger partial charge is 0.354 e. The second-order valence-electron chi connectivity index (χ2n) is 10.6. The molecule has 1 heterocycles. The highest BCUT2D eigenvalue weighted by molar-refractivity contribution is 6.12. The summed E-state index contributed by atoms with van der Waals surface area (Å²) < 4.78 is 0. The second-order valence-corrected chi connectivity index (χ2v) is 10.6. The van der Waals surface area contributed by atoms with E-state index in [0.29, 0.717) is 41.5 Å². The van der Waals surface area contributed by atoms with E-state index in [1.165, 1.54) is 24.2 Å². The van der Waals surface area contributed by atoms with E-state index < -0.39 is 6.04 Å². The minimum Gasteiger partial charge on any atom is -0.354 e. The molecule has 4 atom stereocenters. The minimum absolute atomic E-state index is 0.0667. The lowest BCUT2D eigenvalue weighted by Gasteiger charge is -2.60. The molecular formula is C25H35N3O3. The Balaban J connectivity index is 1.47. The minimum atomic E-state index is -0.626. The predicted octanol–water partition coefficient (Wildman–Crippen LogP) is 3.37. The topological polar surface area (TPSA) is 78.5 Å². The van der Waals surface area contributed by atoms with Crippen LogP contribution in [0.4, 0.5) is 5.69 Å². The number of nitrogens with zero attached hydrogens (tertiary/aromatic N) is 1. The molecule has 0 aromatic heterocycles. The summed E-state index contributed by atoms with van der Waals surface area (Å²) in [6, 6.07) is 6.40. The van der Waals surface area contributed by atoms with E-state index >= 15 is 0 Å². The average molecular weight is 426 g/mol. The molecule has 3 saturated carbocycles. The van der Waals surface area contributed by atoms with Crippen molar-refractivity contribution in [3.05, 3.63) is 29.8 Å². The molecule has 0 radical (unpaired) electrons. The van der Waals surface area contributed by atoms with E-state index in [4.69, 9.17) is 0 Å². The first-order valence-corrected chi connectivity index (χ1v) is 11.7. The molecule has 1 aromatic carbocycles. The van der Waals surface area contributed by atoms with Gasteiger partial charge in [-0.1, -0.05) is 39.8 Å². The fraction of sp³-hybridized carbons (Fsp3) is 0.640. The SMILES string of the molecule is CC(C)C[C@@H]1NC(=O)c2ccccc2N(CC(=O)NC[C@@H]2CCC3C[C@@H]2C3(C)C)C1=O. The summed E-state index contributed by atoms with van der Waals surface area (Å²) in [7, 11) is 0. The summed E-state index contributed by atoms with van der Waals surface area (Å²) in [6.07, 6.45) is 4.22. The maximum atomic E-state index is 13.3. The van der Waals surface area contributed by atoms with Crippen molar-refractivity contribution in [1.82, 2.24) is 10.6 Å². The highest BCUT2D eigenvalue weighted by Crippen LogP contribution is 2.61. The van der Waals surface area contributed by atoms with Gasteiger partial charge in [0.25, 0.3) is 5.91 Å². The first-order valence-electron chi connectivity index (χ1n) is 11.7. The van der Waals surface area contributed by atoms with Gasteiger partial charge in [-0.25, -0.2) is 0 Å². The Morgan fingerprint density at radius 3 is 2.65 bits per heavy atom. The number of carbonyl (C=O) groups is 3. The van der Waals surface area contributed by atoms with Crippen LogP contribution in [-0.2, 0) is 9.59 Å². The monoisotopic (exact) mass is 425 g/mol. The van der Waals surface area contributed by atoms with Crippen molar-refractivity contribution < 1.29 is 14.4 Å². The maximum absolute atomic E-state index is 13.3. The van der Waals surface area contributed by atoms with Crippen molar-refractivity contribution in [2.75, 3.05) is 18.0 Å². The molecular weight excluding hydrogens is 390 g/mol. The van der Waals surface area contributed by atoms with E-state index in [1.54, 1.807) is 24.3 Å². The molecule has 3 amide bonds. The van der Waals surface area contributed by atoms with Gasteiger partial charge in [-0.3, -0.25) is 14.4 Å². The third-order valence-electron chi connectivity index (χ3n) is 7.88. The normalized spacial score (nSPS) is 29.0. The van der Waals surface area contributed by atoms with Gasteiger partial charge in [0.2, 0.25) is 11.8 Å². The number of benzene rings is 1. The molecule has 31 heavy (non-hydrogen) atoms. The zero-order valence-electron chi connectivity index (χ0n) is 19.1. The molecule has 1 aromatic rings. The molecule has 6 nitrogen and oxygen atoms in total. The van der Waals surface area contributed by atoms with Crippen molar-refractivity contribution in [2.24, 2.45) is 29.1 Å². The number of para-hydroxylation sites is 1. The number of anilines is 1. The predicted molar refractivity (Wildman–Crippen MR) is 121 cm³/mol. The van der Waals surface area contributed by atoms with Gasteiger partial charge in [0.05, 0.1) is 11.3 Å². The Morgan fingerprint density at radius 2 is 1.97 bits per heavy atom. The van der Waals surface area contributed by atoms with Crippen molar-refractivity contribution in [3.63, 3.8) is 0 Å². The number of fused-ring (bicyclic) bond motifs is 3. The van der Waals surface area contributed by atoms with Gasteiger partial charge in [-0.15, -0.1) is 0 Å². The van der Waals surface area contributed by atoms with Crippen molar-refractivity contribution in [1.29, 1.82) is 0 Å². The summed E-state index contributed by atoms with van der Waals surface area (Å²) in [5.74, 6) is 1.60. The van der Waals surface area contributed by atoms with Gasteiger partial charge < -0.3 is 15.5 Å². The van der Waals surface area contributed by atoms with Gasteiger partial charge in [-0.2, -0.15) is 0 Å². The van der Waals surface area contributed by atoms with Crippen LogP contribution in [0.25, 0.3) is 0 Å². The van der Waals surface area contributed by atoms with Crippen molar-refractivity contribution >= 4 is 23.4 Å². The Hall–Kier alpha value is -2.37. The molecule has 168 valence electrons. The second kappa shape index (κ2) is 8.29. The Labute approximate surface area is 185 Å². The zero-order chi connectivity index (χ0) is 22.3. The summed E-state index contributed by atoms with van der Waals surface area (Å²) in [4.78, 5) is 40.4. The smallest absolute Gasteiger partial charge is 0.254 e. The van der Waals surface area contributed by atoms with Crippen LogP contribution in [0.1, 0.15) is 63.7 Å². The lowest BCUT2D eigenvalue weighted by atomic mass is 9.45. The number of hydrogen-bond donors (Lipinski definition) is 2. The van der Waals surface area contributed by atoms with E-state index in [-0.39, 0.29) is 30.2 Å². The first kappa shape index (κ1) is 21.8. The van der Waals surface area contributed by atoms with Crippen molar-refractivity contribution in [3.8, 4) is 0 Å². The highest BCUT2D eigenvalue weighted by Gasteiger charge is 2.54. The van der Waals surface area contributed by atoms with Gasteiger partial charge in [-0.05, 0) is 66.9 Å². The lowest BCUT2D eigenvalue weighted by Crippen LogP contribution is -2.55. The van der Waals surface area contributed by atoms with E-state index in [1.807, 2.05) is 13.8 Å². The molecule has 2 N–H and O–H groups in total. The standard InChI is InChI=1S/C25H35N3O3/c1-15(2)11-20-24(31)28(21-8-6-5-7-18(21)23(30)27-20)14-22(29)26-13-16-9-10-17-12-19(16)25(17,3)4/h5-8,15-17,19-20H,9-14H2,1-4H3,(H,26,29)(H,27,30)/t16-,17?,19-,20-/m0/s1. The molecule has 1 aliphatic heterocycles. The van der Waals surface area contributed by atoms with Crippen LogP contribution in [-0.4, -0.2) is 36.9 Å². The third-order valence-corrected chi connectivity index (χ3v) is 7.88. The molecule has 0 saturated heterocycles. The van der Waals surface area contributed by atoms with Crippen LogP contribution in [0, 0.1) is 29.1 Å². The average Bonchev–Trinajstić information content (AvgIpc) is 2.83. The summed E-state index contributed by atoms with van der Waals surface area (Å²) in [6.45, 7) is 9.34. The zero-order valence-corrected chi connectivity index (χ0v) is 19.1. The molecule has 4 aliphatic rings. The molecule has 1 unspecified atom stereocenters. The Morgan fingerprint density at radius 1 is 1.23 bits per heavy atom. The number of rotatable bonds is 6. The van der Waals surface area contributed by atoms with Gasteiger partial charge in [0.15, 0.2) is 0 Å². The van der Waals surface area contributed by atoms with Gasteiger partial charge in [0, 0.05) is 6.54 Å². The lowest BCUT2D eigenvalue weighted by molar-refractivity contribution is -0.126. The molecule has 3 fully saturated rings.